The van der Waals surface area contributed by atoms with Gasteiger partial charge < -0.3 is 14.2 Å². The molecule has 2 aromatic rings. The molecule has 1 atom stereocenters. The van der Waals surface area contributed by atoms with Crippen LogP contribution in [0.1, 0.15) is 97.8 Å². The molecule has 1 aromatic carbocycles. The van der Waals surface area contributed by atoms with Gasteiger partial charge in [-0.25, -0.2) is 9.97 Å². The predicted molar refractivity (Wildman–Crippen MR) is 141 cm³/mol. The number of carbonyl (C=O) groups is 1. The van der Waals surface area contributed by atoms with Gasteiger partial charge in [-0.15, -0.1) is 0 Å². The van der Waals surface area contributed by atoms with E-state index in [2.05, 4.69) is 23.8 Å². The van der Waals surface area contributed by atoms with Crippen molar-refractivity contribution in [2.45, 2.75) is 104 Å². The fraction of sp³-hybridized carbons (Fsp3) is 0.621. The summed E-state index contributed by atoms with van der Waals surface area (Å²) in [4.78, 5) is 20.8. The van der Waals surface area contributed by atoms with E-state index in [1.165, 1.54) is 51.4 Å². The Balaban J connectivity index is 1.67. The van der Waals surface area contributed by atoms with E-state index in [0.29, 0.717) is 31.2 Å². The first-order chi connectivity index (χ1) is 17.1. The molecule has 0 aliphatic carbocycles. The van der Waals surface area contributed by atoms with E-state index >= 15 is 0 Å². The van der Waals surface area contributed by atoms with E-state index in [-0.39, 0.29) is 12.1 Å². The summed E-state index contributed by atoms with van der Waals surface area (Å²) in [6.45, 7) is 7.29. The highest BCUT2D eigenvalue weighted by Crippen LogP contribution is 2.21. The van der Waals surface area contributed by atoms with Crippen LogP contribution < -0.4 is 9.47 Å². The summed E-state index contributed by atoms with van der Waals surface area (Å²) in [7, 11) is 0. The molecule has 1 unspecified atom stereocenters. The van der Waals surface area contributed by atoms with Gasteiger partial charge in [-0.3, -0.25) is 4.79 Å². The maximum atomic E-state index is 11.9. The van der Waals surface area contributed by atoms with Crippen LogP contribution in [0.2, 0.25) is 0 Å². The minimum atomic E-state index is -0.287. The minimum absolute atomic E-state index is 0.149. The molecule has 0 radical (unpaired) electrons. The van der Waals surface area contributed by atoms with Gasteiger partial charge in [-0.05, 0) is 44.0 Å². The molecule has 0 spiro atoms. The average Bonchev–Trinajstić information content (AvgIpc) is 2.87. The van der Waals surface area contributed by atoms with Crippen LogP contribution in [0, 0.1) is 0 Å². The second kappa shape index (κ2) is 17.8. The minimum Gasteiger partial charge on any atom is -0.490 e. The first kappa shape index (κ1) is 28.6. The molecule has 0 aliphatic rings. The lowest BCUT2D eigenvalue weighted by Crippen LogP contribution is -2.21. The van der Waals surface area contributed by atoms with E-state index in [1.54, 1.807) is 12.4 Å². The third-order valence-corrected chi connectivity index (χ3v) is 5.81. The van der Waals surface area contributed by atoms with E-state index in [0.717, 1.165) is 30.6 Å². The molecule has 0 bridgehead atoms. The third-order valence-electron chi connectivity index (χ3n) is 5.81. The number of carbonyl (C=O) groups excluding carboxylic acids is 1. The highest BCUT2D eigenvalue weighted by molar-refractivity contribution is 5.69. The quantitative estimate of drug-likeness (QED) is 0.151. The van der Waals surface area contributed by atoms with Gasteiger partial charge in [0.15, 0.2) is 11.6 Å². The van der Waals surface area contributed by atoms with Crippen molar-refractivity contribution in [3.8, 4) is 22.9 Å². The molecule has 0 saturated carbocycles. The Hall–Kier alpha value is -2.63. The number of ether oxygens (including phenoxy) is 3. The summed E-state index contributed by atoms with van der Waals surface area (Å²) in [6, 6.07) is 7.61. The van der Waals surface area contributed by atoms with Gasteiger partial charge in [0.2, 0.25) is 0 Å². The summed E-state index contributed by atoms with van der Waals surface area (Å²) in [6.07, 6.45) is 16.7. The number of aromatic nitrogens is 2. The van der Waals surface area contributed by atoms with Crippen molar-refractivity contribution in [2.75, 3.05) is 13.2 Å². The number of nitrogens with zero attached hydrogens (tertiary/aromatic N) is 2. The molecular weight excluding hydrogens is 440 g/mol. The molecule has 2 rings (SSSR count). The lowest BCUT2D eigenvalue weighted by molar-refractivity contribution is -0.149. The largest absolute Gasteiger partial charge is 0.490 e. The molecule has 194 valence electrons. The molecule has 6 nitrogen and oxygen atoms in total. The van der Waals surface area contributed by atoms with Crippen molar-refractivity contribution >= 4 is 5.97 Å². The molecule has 1 aromatic heterocycles. The molecule has 0 N–H and O–H groups in total. The SMILES string of the molecule is CCCCCCCCOc1cnc(-c2ccc(OCC(C)OC(=O)CCCCCCC)cc2)nc1. The van der Waals surface area contributed by atoms with E-state index in [9.17, 15) is 4.79 Å². The number of rotatable bonds is 19. The first-order valence-corrected chi connectivity index (χ1v) is 13.5. The molecule has 0 aliphatic heterocycles. The topological polar surface area (TPSA) is 70.5 Å². The van der Waals surface area contributed by atoms with E-state index < -0.39 is 0 Å². The Kier molecular flexibility index (Phi) is 14.5. The highest BCUT2D eigenvalue weighted by Gasteiger charge is 2.10. The predicted octanol–water partition coefficient (Wildman–Crippen LogP) is 7.55. The molecule has 1 heterocycles. The van der Waals surface area contributed by atoms with Gasteiger partial charge in [0, 0.05) is 12.0 Å². The van der Waals surface area contributed by atoms with Gasteiger partial charge in [-0.2, -0.15) is 0 Å². The Bertz CT molecular complexity index is 808. The van der Waals surface area contributed by atoms with Gasteiger partial charge in [0.05, 0.1) is 19.0 Å². The van der Waals surface area contributed by atoms with Crippen LogP contribution in [0.5, 0.6) is 11.5 Å². The fourth-order valence-electron chi connectivity index (χ4n) is 3.72. The Morgan fingerprint density at radius 3 is 2.03 bits per heavy atom. The standard InChI is InChI=1S/C29H44N2O4/c1-4-6-8-10-12-14-20-33-27-21-30-29(31-22-27)25-16-18-26(19-17-25)34-23-24(3)35-28(32)15-13-11-9-7-5-2/h16-19,21-22,24H,4-15,20,23H2,1-3H3. The van der Waals surface area contributed by atoms with Crippen LogP contribution in [0.4, 0.5) is 0 Å². The molecular formula is C29H44N2O4. The van der Waals surface area contributed by atoms with Crippen molar-refractivity contribution in [3.63, 3.8) is 0 Å². The summed E-state index contributed by atoms with van der Waals surface area (Å²) >= 11 is 0. The molecule has 35 heavy (non-hydrogen) atoms. The molecule has 6 heteroatoms. The maximum Gasteiger partial charge on any atom is 0.306 e. The average molecular weight is 485 g/mol. The fourth-order valence-corrected chi connectivity index (χ4v) is 3.72. The van der Waals surface area contributed by atoms with Crippen molar-refractivity contribution in [1.29, 1.82) is 0 Å². The van der Waals surface area contributed by atoms with Gasteiger partial charge in [-0.1, -0.05) is 71.6 Å². The second-order valence-electron chi connectivity index (χ2n) is 9.16. The Labute approximate surface area is 211 Å². The number of hydrogen-bond acceptors (Lipinski definition) is 6. The Morgan fingerprint density at radius 1 is 0.771 bits per heavy atom. The van der Waals surface area contributed by atoms with E-state index in [1.807, 2.05) is 31.2 Å². The first-order valence-electron chi connectivity index (χ1n) is 13.5. The molecule has 0 amide bonds. The van der Waals surface area contributed by atoms with Crippen LogP contribution in [0.15, 0.2) is 36.7 Å². The summed E-state index contributed by atoms with van der Waals surface area (Å²) in [5.74, 6) is 1.91. The molecule has 0 saturated heterocycles. The Morgan fingerprint density at radius 2 is 1.37 bits per heavy atom. The van der Waals surface area contributed by atoms with Crippen molar-refractivity contribution in [3.05, 3.63) is 36.7 Å². The van der Waals surface area contributed by atoms with Crippen LogP contribution in [0.3, 0.4) is 0 Å². The lowest BCUT2D eigenvalue weighted by atomic mass is 10.1. The van der Waals surface area contributed by atoms with Gasteiger partial charge in [0.25, 0.3) is 0 Å². The van der Waals surface area contributed by atoms with Gasteiger partial charge in [0.1, 0.15) is 18.5 Å². The van der Waals surface area contributed by atoms with Crippen molar-refractivity contribution < 1.29 is 19.0 Å². The van der Waals surface area contributed by atoms with Crippen LogP contribution in [-0.4, -0.2) is 35.3 Å². The second-order valence-corrected chi connectivity index (χ2v) is 9.16. The smallest absolute Gasteiger partial charge is 0.306 e. The zero-order chi connectivity index (χ0) is 25.1. The van der Waals surface area contributed by atoms with Crippen LogP contribution >= 0.6 is 0 Å². The number of hydrogen-bond donors (Lipinski definition) is 0. The number of esters is 1. The third kappa shape index (κ3) is 12.6. The summed E-state index contributed by atoms with van der Waals surface area (Å²) < 4.78 is 17.0. The summed E-state index contributed by atoms with van der Waals surface area (Å²) in [5, 5.41) is 0. The van der Waals surface area contributed by atoms with E-state index in [4.69, 9.17) is 14.2 Å². The summed E-state index contributed by atoms with van der Waals surface area (Å²) in [5.41, 5.74) is 0.905. The maximum absolute atomic E-state index is 11.9. The number of unbranched alkanes of at least 4 members (excludes halogenated alkanes) is 9. The normalized spacial score (nSPS) is 11.7. The zero-order valence-corrected chi connectivity index (χ0v) is 22.0. The van der Waals surface area contributed by atoms with Crippen LogP contribution in [0.25, 0.3) is 11.4 Å². The van der Waals surface area contributed by atoms with Crippen LogP contribution in [-0.2, 0) is 9.53 Å². The van der Waals surface area contributed by atoms with Gasteiger partial charge >= 0.3 is 5.97 Å². The zero-order valence-electron chi connectivity index (χ0n) is 22.0. The highest BCUT2D eigenvalue weighted by atomic mass is 16.6. The monoisotopic (exact) mass is 484 g/mol. The number of benzene rings is 1. The van der Waals surface area contributed by atoms with Crippen molar-refractivity contribution in [1.82, 2.24) is 9.97 Å². The lowest BCUT2D eigenvalue weighted by Gasteiger charge is -2.14. The van der Waals surface area contributed by atoms with Crippen molar-refractivity contribution in [2.24, 2.45) is 0 Å². The molecule has 0 fully saturated rings.